The van der Waals surface area contributed by atoms with Crippen LogP contribution in [0.4, 0.5) is 0 Å². The normalized spacial score (nSPS) is 20.8. The number of nitrogens with one attached hydrogen (secondary N) is 1. The summed E-state index contributed by atoms with van der Waals surface area (Å²) in [6, 6.07) is 0. The summed E-state index contributed by atoms with van der Waals surface area (Å²) in [6.45, 7) is 7.97. The van der Waals surface area contributed by atoms with Gasteiger partial charge in [0.05, 0.1) is 6.33 Å². The van der Waals surface area contributed by atoms with Crippen LogP contribution >= 0.6 is 0 Å². The van der Waals surface area contributed by atoms with Crippen LogP contribution in [0.15, 0.2) is 12.5 Å². The van der Waals surface area contributed by atoms with Gasteiger partial charge >= 0.3 is 0 Å². The van der Waals surface area contributed by atoms with Crippen molar-refractivity contribution in [3.63, 3.8) is 0 Å². The van der Waals surface area contributed by atoms with Crippen LogP contribution in [0.3, 0.4) is 0 Å². The van der Waals surface area contributed by atoms with Crippen molar-refractivity contribution in [2.24, 2.45) is 5.92 Å². The fourth-order valence-electron chi connectivity index (χ4n) is 2.56. The molecule has 1 atom stereocenters. The van der Waals surface area contributed by atoms with Crippen LogP contribution in [0.2, 0.25) is 0 Å². The van der Waals surface area contributed by atoms with Gasteiger partial charge in [0.15, 0.2) is 0 Å². The molecule has 90 valence electrons. The molecule has 1 fully saturated rings. The zero-order valence-corrected chi connectivity index (χ0v) is 10.4. The molecular weight excluding hydrogens is 198 g/mol. The van der Waals surface area contributed by atoms with Gasteiger partial charge in [0.2, 0.25) is 0 Å². The van der Waals surface area contributed by atoms with E-state index in [0.29, 0.717) is 5.92 Å². The van der Waals surface area contributed by atoms with E-state index in [1.807, 2.05) is 6.33 Å². The summed E-state index contributed by atoms with van der Waals surface area (Å²) in [6.07, 6.45) is 7.84. The largest absolute Gasteiger partial charge is 0.334 e. The van der Waals surface area contributed by atoms with Gasteiger partial charge in [-0.25, -0.2) is 4.98 Å². The maximum absolute atomic E-state index is 4.32. The molecule has 1 aliphatic rings. The highest BCUT2D eigenvalue weighted by atomic mass is 15.1. The molecule has 0 spiro atoms. The highest BCUT2D eigenvalue weighted by Gasteiger charge is 2.20. The molecule has 1 aromatic heterocycles. The summed E-state index contributed by atoms with van der Waals surface area (Å²) in [4.78, 5) is 4.32. The number of hydrogen-bond donors (Lipinski definition) is 1. The second-order valence-corrected chi connectivity index (χ2v) is 4.84. The first-order chi connectivity index (χ1) is 7.85. The monoisotopic (exact) mass is 221 g/mol. The lowest BCUT2D eigenvalue weighted by atomic mass is 10.0. The maximum Gasteiger partial charge on any atom is 0.0948 e. The summed E-state index contributed by atoms with van der Waals surface area (Å²) in [5, 5.41) is 3.43. The molecular formula is C13H23N3. The molecule has 0 aliphatic carbocycles. The van der Waals surface area contributed by atoms with E-state index in [1.165, 1.54) is 25.0 Å². The summed E-state index contributed by atoms with van der Waals surface area (Å²) in [7, 11) is 0. The average molecular weight is 221 g/mol. The lowest BCUT2D eigenvalue weighted by Crippen LogP contribution is -2.15. The summed E-state index contributed by atoms with van der Waals surface area (Å²) in [5.74, 6) is 1.47. The number of imidazole rings is 1. The van der Waals surface area contributed by atoms with Crippen molar-refractivity contribution >= 4 is 0 Å². The first kappa shape index (κ1) is 11.6. The van der Waals surface area contributed by atoms with Crippen LogP contribution in [0.1, 0.15) is 44.7 Å². The van der Waals surface area contributed by atoms with Gasteiger partial charge in [0.25, 0.3) is 0 Å². The van der Waals surface area contributed by atoms with Crippen molar-refractivity contribution in [2.45, 2.75) is 45.6 Å². The smallest absolute Gasteiger partial charge is 0.0948 e. The Morgan fingerprint density at radius 3 is 2.94 bits per heavy atom. The Morgan fingerprint density at radius 1 is 1.50 bits per heavy atom. The molecule has 2 heterocycles. The van der Waals surface area contributed by atoms with Crippen molar-refractivity contribution in [3.8, 4) is 0 Å². The second kappa shape index (κ2) is 5.48. The van der Waals surface area contributed by atoms with E-state index in [0.717, 1.165) is 25.6 Å². The zero-order chi connectivity index (χ0) is 11.4. The van der Waals surface area contributed by atoms with Crippen LogP contribution in [0.25, 0.3) is 0 Å². The minimum Gasteiger partial charge on any atom is -0.334 e. The Labute approximate surface area is 98.3 Å². The van der Waals surface area contributed by atoms with Crippen LogP contribution in [-0.4, -0.2) is 22.6 Å². The first-order valence-electron chi connectivity index (χ1n) is 6.55. The van der Waals surface area contributed by atoms with Crippen molar-refractivity contribution < 1.29 is 0 Å². The van der Waals surface area contributed by atoms with Gasteiger partial charge in [-0.1, -0.05) is 26.7 Å². The SMILES string of the molecule is CCC(CC)Cn1cncc1C1CCNC1. The van der Waals surface area contributed by atoms with Gasteiger partial charge in [-0.3, -0.25) is 0 Å². The standard InChI is InChI=1S/C13H23N3/c1-3-11(4-2)9-16-10-15-8-13(16)12-5-6-14-7-12/h8,10-12,14H,3-7,9H2,1-2H3. The van der Waals surface area contributed by atoms with E-state index in [1.54, 1.807) is 0 Å². The highest BCUT2D eigenvalue weighted by molar-refractivity contribution is 5.09. The van der Waals surface area contributed by atoms with E-state index in [2.05, 4.69) is 34.9 Å². The molecule has 1 aromatic rings. The van der Waals surface area contributed by atoms with Gasteiger partial charge in [-0.15, -0.1) is 0 Å². The Hall–Kier alpha value is -0.830. The molecule has 0 radical (unpaired) electrons. The third kappa shape index (κ3) is 2.46. The quantitative estimate of drug-likeness (QED) is 0.827. The topological polar surface area (TPSA) is 29.9 Å². The van der Waals surface area contributed by atoms with Crippen molar-refractivity contribution in [1.29, 1.82) is 0 Å². The van der Waals surface area contributed by atoms with Gasteiger partial charge in [0.1, 0.15) is 0 Å². The molecule has 0 saturated carbocycles. The number of rotatable bonds is 5. The molecule has 0 bridgehead atoms. The first-order valence-corrected chi connectivity index (χ1v) is 6.55. The lowest BCUT2D eigenvalue weighted by Gasteiger charge is -2.17. The predicted octanol–water partition coefficient (Wildman–Crippen LogP) is 2.40. The number of aromatic nitrogens is 2. The molecule has 0 amide bonds. The Balaban J connectivity index is 2.06. The van der Waals surface area contributed by atoms with E-state index < -0.39 is 0 Å². The fraction of sp³-hybridized carbons (Fsp3) is 0.769. The van der Waals surface area contributed by atoms with Crippen LogP contribution in [0.5, 0.6) is 0 Å². The van der Waals surface area contributed by atoms with E-state index in [-0.39, 0.29) is 0 Å². The van der Waals surface area contributed by atoms with Crippen LogP contribution in [0, 0.1) is 5.92 Å². The van der Waals surface area contributed by atoms with E-state index >= 15 is 0 Å². The van der Waals surface area contributed by atoms with Crippen molar-refractivity contribution in [3.05, 3.63) is 18.2 Å². The summed E-state index contributed by atoms with van der Waals surface area (Å²) < 4.78 is 2.37. The van der Waals surface area contributed by atoms with Crippen LogP contribution < -0.4 is 5.32 Å². The average Bonchev–Trinajstić information content (AvgIpc) is 2.95. The third-order valence-electron chi connectivity index (χ3n) is 3.83. The van der Waals surface area contributed by atoms with Gasteiger partial charge in [-0.2, -0.15) is 0 Å². The molecule has 1 saturated heterocycles. The van der Waals surface area contributed by atoms with Crippen molar-refractivity contribution in [1.82, 2.24) is 14.9 Å². The fourth-order valence-corrected chi connectivity index (χ4v) is 2.56. The summed E-state index contributed by atoms with van der Waals surface area (Å²) >= 11 is 0. The van der Waals surface area contributed by atoms with Crippen LogP contribution in [-0.2, 0) is 6.54 Å². The molecule has 0 aromatic carbocycles. The lowest BCUT2D eigenvalue weighted by molar-refractivity contribution is 0.407. The van der Waals surface area contributed by atoms with Gasteiger partial charge in [-0.05, 0) is 18.9 Å². The Bertz CT molecular complexity index is 309. The zero-order valence-electron chi connectivity index (χ0n) is 10.4. The molecule has 1 unspecified atom stereocenters. The second-order valence-electron chi connectivity index (χ2n) is 4.84. The molecule has 1 N–H and O–H groups in total. The van der Waals surface area contributed by atoms with E-state index in [9.17, 15) is 0 Å². The molecule has 1 aliphatic heterocycles. The Kier molecular flexibility index (Phi) is 3.99. The molecule has 3 nitrogen and oxygen atoms in total. The predicted molar refractivity (Wildman–Crippen MR) is 66.5 cm³/mol. The minimum atomic E-state index is 0.678. The maximum atomic E-state index is 4.32. The Morgan fingerprint density at radius 2 is 2.31 bits per heavy atom. The minimum absolute atomic E-state index is 0.678. The van der Waals surface area contributed by atoms with E-state index in [4.69, 9.17) is 0 Å². The van der Waals surface area contributed by atoms with Gasteiger partial charge in [0, 0.05) is 30.9 Å². The third-order valence-corrected chi connectivity index (χ3v) is 3.83. The molecule has 2 rings (SSSR count). The number of hydrogen-bond acceptors (Lipinski definition) is 2. The van der Waals surface area contributed by atoms with Crippen molar-refractivity contribution in [2.75, 3.05) is 13.1 Å². The summed E-state index contributed by atoms with van der Waals surface area (Å²) in [5.41, 5.74) is 1.43. The number of nitrogens with zero attached hydrogens (tertiary/aromatic N) is 2. The molecule has 16 heavy (non-hydrogen) atoms. The van der Waals surface area contributed by atoms with Gasteiger partial charge < -0.3 is 9.88 Å². The highest BCUT2D eigenvalue weighted by Crippen LogP contribution is 2.23. The molecule has 3 heteroatoms.